The summed E-state index contributed by atoms with van der Waals surface area (Å²) in [6.45, 7) is 12.9. The van der Waals surface area contributed by atoms with E-state index >= 15 is 0 Å². The molecule has 1 N–H and O–H groups in total. The smallest absolute Gasteiger partial charge is 0.0621 e. The van der Waals surface area contributed by atoms with Crippen molar-refractivity contribution in [2.45, 2.75) is 59.3 Å². The van der Waals surface area contributed by atoms with Crippen molar-refractivity contribution in [1.29, 1.82) is 0 Å². The first kappa shape index (κ1) is 22.8. The van der Waals surface area contributed by atoms with Gasteiger partial charge in [-0.15, -0.1) is 0 Å². The molecule has 0 radical (unpaired) electrons. The predicted octanol–water partition coefficient (Wildman–Crippen LogP) is 6.19. The Morgan fingerprint density at radius 1 is 1.04 bits per heavy atom. The summed E-state index contributed by atoms with van der Waals surface area (Å²) in [4.78, 5) is 2.64. The minimum atomic E-state index is 0.622. The fourth-order valence-electron chi connectivity index (χ4n) is 3.35. The molecule has 4 heteroatoms. The van der Waals surface area contributed by atoms with Gasteiger partial charge in [-0.25, -0.2) is 0 Å². The molecule has 144 valence electrons. The van der Waals surface area contributed by atoms with Crippen LogP contribution in [-0.4, -0.2) is 37.6 Å². The zero-order chi connectivity index (χ0) is 18.5. The van der Waals surface area contributed by atoms with Crippen LogP contribution < -0.4 is 5.32 Å². The van der Waals surface area contributed by atoms with Crippen molar-refractivity contribution < 1.29 is 0 Å². The van der Waals surface area contributed by atoms with Crippen LogP contribution in [0.25, 0.3) is 0 Å². The third-order valence-electron chi connectivity index (χ3n) is 4.77. The van der Waals surface area contributed by atoms with E-state index in [4.69, 9.17) is 23.2 Å². The summed E-state index contributed by atoms with van der Waals surface area (Å²) < 4.78 is 0. The number of piperidine rings is 1. The van der Waals surface area contributed by atoms with E-state index in [1.807, 2.05) is 19.1 Å². The molecule has 1 aromatic carbocycles. The van der Waals surface area contributed by atoms with Gasteiger partial charge in [-0.1, -0.05) is 49.2 Å². The van der Waals surface area contributed by atoms with Gasteiger partial charge in [0, 0.05) is 0 Å². The molecular formula is C21H36Cl2N2. The van der Waals surface area contributed by atoms with Crippen LogP contribution in [0.2, 0.25) is 10.0 Å². The van der Waals surface area contributed by atoms with Gasteiger partial charge < -0.3 is 10.2 Å². The molecule has 1 aliphatic heterocycles. The van der Waals surface area contributed by atoms with E-state index in [1.165, 1.54) is 71.2 Å². The highest BCUT2D eigenvalue weighted by Crippen LogP contribution is 2.24. The molecule has 1 aliphatic rings. The zero-order valence-corrected chi connectivity index (χ0v) is 17.8. The Labute approximate surface area is 165 Å². The van der Waals surface area contributed by atoms with E-state index in [0.717, 1.165) is 11.5 Å². The van der Waals surface area contributed by atoms with Crippen LogP contribution in [0, 0.1) is 12.8 Å². The molecule has 0 spiro atoms. The van der Waals surface area contributed by atoms with Gasteiger partial charge in [0.15, 0.2) is 0 Å². The summed E-state index contributed by atoms with van der Waals surface area (Å²) in [6, 6.07) is 5.58. The molecule has 1 fully saturated rings. The van der Waals surface area contributed by atoms with Crippen molar-refractivity contribution in [3.8, 4) is 0 Å². The second kappa shape index (κ2) is 13.9. The van der Waals surface area contributed by atoms with E-state index in [0.29, 0.717) is 10.0 Å². The quantitative estimate of drug-likeness (QED) is 0.572. The average Bonchev–Trinajstić information content (AvgIpc) is 2.61. The van der Waals surface area contributed by atoms with Gasteiger partial charge in [-0.3, -0.25) is 0 Å². The highest BCUT2D eigenvalue weighted by atomic mass is 35.5. The summed E-state index contributed by atoms with van der Waals surface area (Å²) in [7, 11) is 0. The van der Waals surface area contributed by atoms with Crippen molar-refractivity contribution in [3.63, 3.8) is 0 Å². The van der Waals surface area contributed by atoms with Gasteiger partial charge in [0.25, 0.3) is 0 Å². The third kappa shape index (κ3) is 9.84. The van der Waals surface area contributed by atoms with Crippen molar-refractivity contribution in [2.24, 2.45) is 5.92 Å². The normalized spacial score (nSPS) is 15.1. The van der Waals surface area contributed by atoms with E-state index in [2.05, 4.69) is 24.1 Å². The number of aryl methyl sites for hydroxylation is 1. The van der Waals surface area contributed by atoms with Crippen molar-refractivity contribution in [2.75, 3.05) is 32.7 Å². The van der Waals surface area contributed by atoms with Gasteiger partial charge in [0.1, 0.15) is 0 Å². The molecular weight excluding hydrogens is 351 g/mol. The fourth-order valence-corrected chi connectivity index (χ4v) is 3.70. The van der Waals surface area contributed by atoms with Crippen LogP contribution in [0.1, 0.15) is 57.9 Å². The average molecular weight is 387 g/mol. The SMILES string of the molecule is CCCN(CCC)CCCC1CCNCC1.Cc1cccc(Cl)c1Cl. The summed E-state index contributed by atoms with van der Waals surface area (Å²) >= 11 is 11.4. The third-order valence-corrected chi connectivity index (χ3v) is 5.68. The lowest BCUT2D eigenvalue weighted by Crippen LogP contribution is -2.29. The van der Waals surface area contributed by atoms with Gasteiger partial charge in [0.2, 0.25) is 0 Å². The maximum absolute atomic E-state index is 5.75. The fraction of sp³-hybridized carbons (Fsp3) is 0.714. The first-order valence-corrected chi connectivity index (χ1v) is 10.7. The lowest BCUT2D eigenvalue weighted by molar-refractivity contribution is 0.252. The van der Waals surface area contributed by atoms with Crippen LogP contribution in [-0.2, 0) is 0 Å². The maximum atomic E-state index is 5.75. The number of nitrogens with one attached hydrogen (secondary N) is 1. The highest BCUT2D eigenvalue weighted by molar-refractivity contribution is 6.42. The van der Waals surface area contributed by atoms with Crippen molar-refractivity contribution >= 4 is 23.2 Å². The van der Waals surface area contributed by atoms with E-state index in [1.54, 1.807) is 6.07 Å². The largest absolute Gasteiger partial charge is 0.317 e. The van der Waals surface area contributed by atoms with Crippen LogP contribution >= 0.6 is 23.2 Å². The van der Waals surface area contributed by atoms with Gasteiger partial charge in [0.05, 0.1) is 10.0 Å². The molecule has 0 saturated carbocycles. The van der Waals surface area contributed by atoms with Gasteiger partial charge in [-0.05, 0) is 95.7 Å². The lowest BCUT2D eigenvalue weighted by Gasteiger charge is -2.25. The zero-order valence-electron chi connectivity index (χ0n) is 16.3. The lowest BCUT2D eigenvalue weighted by atomic mass is 9.93. The van der Waals surface area contributed by atoms with E-state index in [-0.39, 0.29) is 0 Å². The van der Waals surface area contributed by atoms with Crippen molar-refractivity contribution in [1.82, 2.24) is 10.2 Å². The second-order valence-electron chi connectivity index (χ2n) is 7.05. The molecule has 0 atom stereocenters. The Hall–Kier alpha value is -0.280. The minimum Gasteiger partial charge on any atom is -0.317 e. The Morgan fingerprint density at radius 3 is 2.20 bits per heavy atom. The maximum Gasteiger partial charge on any atom is 0.0621 e. The molecule has 0 aliphatic carbocycles. The Morgan fingerprint density at radius 2 is 1.68 bits per heavy atom. The summed E-state index contributed by atoms with van der Waals surface area (Å²) in [5.41, 5.74) is 1.02. The van der Waals surface area contributed by atoms with Crippen LogP contribution in [0.15, 0.2) is 18.2 Å². The standard InChI is InChI=1S/C14H30N2.C7H6Cl2/c1-3-11-16(12-4-2)13-5-6-14-7-9-15-10-8-14;1-5-3-2-4-6(8)7(5)9/h14-15H,3-13H2,1-2H3;2-4H,1H3. The first-order valence-electron chi connectivity index (χ1n) is 9.92. The monoisotopic (exact) mass is 386 g/mol. The van der Waals surface area contributed by atoms with Crippen molar-refractivity contribution in [3.05, 3.63) is 33.8 Å². The van der Waals surface area contributed by atoms with Crippen LogP contribution in [0.3, 0.4) is 0 Å². The number of nitrogens with zero attached hydrogens (tertiary/aromatic N) is 1. The summed E-state index contributed by atoms with van der Waals surface area (Å²) in [6.07, 6.45) is 8.26. The molecule has 0 aromatic heterocycles. The number of benzene rings is 1. The summed E-state index contributed by atoms with van der Waals surface area (Å²) in [5, 5.41) is 4.72. The number of hydrogen-bond donors (Lipinski definition) is 1. The predicted molar refractivity (Wildman–Crippen MR) is 113 cm³/mol. The molecule has 1 saturated heterocycles. The van der Waals surface area contributed by atoms with Crippen LogP contribution in [0.4, 0.5) is 0 Å². The van der Waals surface area contributed by atoms with Gasteiger partial charge >= 0.3 is 0 Å². The highest BCUT2D eigenvalue weighted by Gasteiger charge is 2.12. The van der Waals surface area contributed by atoms with E-state index in [9.17, 15) is 0 Å². The molecule has 2 nitrogen and oxygen atoms in total. The Bertz CT molecular complexity index is 433. The molecule has 0 amide bonds. The number of hydrogen-bond acceptors (Lipinski definition) is 2. The van der Waals surface area contributed by atoms with Crippen LogP contribution in [0.5, 0.6) is 0 Å². The van der Waals surface area contributed by atoms with Gasteiger partial charge in [-0.2, -0.15) is 0 Å². The molecule has 2 rings (SSSR count). The topological polar surface area (TPSA) is 15.3 Å². The van der Waals surface area contributed by atoms with E-state index < -0.39 is 0 Å². The molecule has 1 aromatic rings. The first-order chi connectivity index (χ1) is 12.1. The minimum absolute atomic E-state index is 0.622. The second-order valence-corrected chi connectivity index (χ2v) is 7.83. The Balaban J connectivity index is 0.000000293. The number of rotatable bonds is 8. The molecule has 0 unspecified atom stereocenters. The molecule has 0 bridgehead atoms. The number of halogens is 2. The molecule has 1 heterocycles. The summed E-state index contributed by atoms with van der Waals surface area (Å²) in [5.74, 6) is 1.01. The Kier molecular flexibility index (Phi) is 12.6. The molecule has 25 heavy (non-hydrogen) atoms.